The number of anilines is 1. The third-order valence-electron chi connectivity index (χ3n) is 7.01. The molecule has 0 aliphatic carbocycles. The average molecular weight is 603 g/mol. The topological polar surface area (TPSA) is 67.2 Å². The number of carbonyl (C=O) groups is 1. The molecule has 0 saturated heterocycles. The number of fused-ring (bicyclic) bond motifs is 1. The third-order valence-corrected chi connectivity index (χ3v) is 7.30. The monoisotopic (exact) mass is 602 g/mol. The highest BCUT2D eigenvalue weighted by atomic mass is 35.5. The van der Waals surface area contributed by atoms with Crippen LogP contribution < -0.4 is 10.9 Å². The van der Waals surface area contributed by atoms with E-state index in [1.165, 1.54) is 39.8 Å². The van der Waals surface area contributed by atoms with Gasteiger partial charge in [0.1, 0.15) is 11.6 Å². The van der Waals surface area contributed by atoms with Crippen molar-refractivity contribution in [1.29, 1.82) is 0 Å². The maximum absolute atomic E-state index is 14.1. The lowest BCUT2D eigenvalue weighted by Crippen LogP contribution is -2.41. The molecule has 1 heterocycles. The lowest BCUT2D eigenvalue weighted by atomic mass is 10.1. The van der Waals surface area contributed by atoms with Crippen LogP contribution in [0.4, 0.5) is 28.0 Å². The van der Waals surface area contributed by atoms with Gasteiger partial charge in [-0.3, -0.25) is 9.36 Å². The molecular formula is C31H31ClF4N4O2. The van der Waals surface area contributed by atoms with E-state index in [9.17, 15) is 27.2 Å². The second-order valence-electron chi connectivity index (χ2n) is 9.88. The van der Waals surface area contributed by atoms with Crippen LogP contribution in [0.25, 0.3) is 16.6 Å². The zero-order chi connectivity index (χ0) is 30.4. The standard InChI is InChI=1S/C31H31ClF4N4O2/c1-3-5-6-11-18-39(30(42)38-26-15-10-8-13-22(26)31(34,35)36)27(4-2)28-37-25-14-9-7-12-21(25)29(41)40(28)20-16-17-24(33)23(32)19-20/h7-10,12-17,19,27H,3-6,11,18H2,1-2H3,(H,38,42). The van der Waals surface area contributed by atoms with E-state index in [0.29, 0.717) is 17.3 Å². The molecule has 11 heteroatoms. The smallest absolute Gasteiger partial charge is 0.314 e. The summed E-state index contributed by atoms with van der Waals surface area (Å²) in [5.41, 5.74) is -1.18. The summed E-state index contributed by atoms with van der Waals surface area (Å²) in [7, 11) is 0. The first-order valence-corrected chi connectivity index (χ1v) is 14.2. The van der Waals surface area contributed by atoms with Crippen molar-refractivity contribution in [3.05, 3.63) is 99.3 Å². The Morgan fingerprint density at radius 1 is 1.02 bits per heavy atom. The minimum Gasteiger partial charge on any atom is -0.314 e. The zero-order valence-electron chi connectivity index (χ0n) is 23.2. The summed E-state index contributed by atoms with van der Waals surface area (Å²) in [5, 5.41) is 2.55. The summed E-state index contributed by atoms with van der Waals surface area (Å²) in [4.78, 5) is 33.8. The third kappa shape index (κ3) is 6.75. The van der Waals surface area contributed by atoms with E-state index >= 15 is 0 Å². The summed E-state index contributed by atoms with van der Waals surface area (Å²) in [6.45, 7) is 4.04. The second kappa shape index (κ2) is 13.4. The van der Waals surface area contributed by atoms with Crippen LogP contribution >= 0.6 is 11.6 Å². The van der Waals surface area contributed by atoms with E-state index in [0.717, 1.165) is 31.4 Å². The van der Waals surface area contributed by atoms with Crippen LogP contribution in [0.1, 0.15) is 63.4 Å². The van der Waals surface area contributed by atoms with Gasteiger partial charge >= 0.3 is 12.2 Å². The van der Waals surface area contributed by atoms with E-state index < -0.39 is 35.2 Å². The minimum atomic E-state index is -4.68. The van der Waals surface area contributed by atoms with Crippen LogP contribution in [0.2, 0.25) is 5.02 Å². The normalized spacial score (nSPS) is 12.4. The predicted molar refractivity (Wildman–Crippen MR) is 157 cm³/mol. The molecule has 3 aromatic carbocycles. The van der Waals surface area contributed by atoms with Gasteiger partial charge in [-0.05, 0) is 55.3 Å². The fourth-order valence-electron chi connectivity index (χ4n) is 4.92. The quantitative estimate of drug-likeness (QED) is 0.146. The van der Waals surface area contributed by atoms with E-state index in [4.69, 9.17) is 16.6 Å². The van der Waals surface area contributed by atoms with Crippen molar-refractivity contribution in [3.8, 4) is 5.69 Å². The number of amides is 2. The number of alkyl halides is 3. The molecule has 222 valence electrons. The van der Waals surface area contributed by atoms with Crippen LogP contribution in [0, 0.1) is 5.82 Å². The molecule has 0 bridgehead atoms. The average Bonchev–Trinajstić information content (AvgIpc) is 2.96. The first-order chi connectivity index (χ1) is 20.1. The fraction of sp³-hybridized carbons (Fsp3) is 0.323. The van der Waals surface area contributed by atoms with E-state index in [1.54, 1.807) is 31.2 Å². The Kier molecular flexibility index (Phi) is 9.88. The van der Waals surface area contributed by atoms with Gasteiger partial charge in [-0.1, -0.05) is 69.0 Å². The van der Waals surface area contributed by atoms with E-state index in [-0.39, 0.29) is 35.2 Å². The number of rotatable bonds is 10. The molecule has 42 heavy (non-hydrogen) atoms. The van der Waals surface area contributed by atoms with Crippen molar-refractivity contribution < 1.29 is 22.4 Å². The van der Waals surface area contributed by atoms with Crippen molar-refractivity contribution >= 4 is 34.2 Å². The van der Waals surface area contributed by atoms with Crippen LogP contribution in [0.5, 0.6) is 0 Å². The predicted octanol–water partition coefficient (Wildman–Crippen LogP) is 8.76. The van der Waals surface area contributed by atoms with Crippen molar-refractivity contribution in [2.45, 2.75) is 58.2 Å². The van der Waals surface area contributed by atoms with Gasteiger partial charge in [-0.2, -0.15) is 13.2 Å². The summed E-state index contributed by atoms with van der Waals surface area (Å²) in [5.74, 6) is -0.491. The lowest BCUT2D eigenvalue weighted by Gasteiger charge is -2.33. The molecule has 4 aromatic rings. The number of aromatic nitrogens is 2. The molecule has 1 unspecified atom stereocenters. The Balaban J connectivity index is 1.87. The van der Waals surface area contributed by atoms with Crippen LogP contribution in [-0.4, -0.2) is 27.0 Å². The van der Waals surface area contributed by atoms with Gasteiger partial charge in [0.25, 0.3) is 5.56 Å². The Bertz CT molecular complexity index is 1620. The fourth-order valence-corrected chi connectivity index (χ4v) is 5.10. The maximum Gasteiger partial charge on any atom is 0.418 e. The number of hydrogen-bond donors (Lipinski definition) is 1. The van der Waals surface area contributed by atoms with Gasteiger partial charge in [-0.25, -0.2) is 14.2 Å². The maximum atomic E-state index is 14.1. The molecular weight excluding hydrogens is 572 g/mol. The number of benzene rings is 3. The number of nitrogens with one attached hydrogen (secondary N) is 1. The summed E-state index contributed by atoms with van der Waals surface area (Å²) in [6, 6.07) is 13.7. The van der Waals surface area contributed by atoms with Crippen LogP contribution in [-0.2, 0) is 6.18 Å². The van der Waals surface area contributed by atoms with E-state index in [1.807, 2.05) is 6.92 Å². The first kappa shape index (κ1) is 31.0. The summed E-state index contributed by atoms with van der Waals surface area (Å²) < 4.78 is 56.5. The lowest BCUT2D eigenvalue weighted by molar-refractivity contribution is -0.136. The molecule has 2 amide bonds. The molecule has 0 fully saturated rings. The highest BCUT2D eigenvalue weighted by Crippen LogP contribution is 2.35. The molecule has 0 saturated carbocycles. The van der Waals surface area contributed by atoms with Gasteiger partial charge in [0.05, 0.1) is 38.9 Å². The van der Waals surface area contributed by atoms with Crippen molar-refractivity contribution in [1.82, 2.24) is 14.5 Å². The number of nitrogens with zero attached hydrogens (tertiary/aromatic N) is 3. The van der Waals surface area contributed by atoms with E-state index in [2.05, 4.69) is 5.32 Å². The molecule has 0 radical (unpaired) electrons. The number of carbonyl (C=O) groups excluding carboxylic acids is 1. The highest BCUT2D eigenvalue weighted by Gasteiger charge is 2.35. The molecule has 1 aromatic heterocycles. The number of para-hydroxylation sites is 2. The molecule has 0 aliphatic heterocycles. The molecule has 1 atom stereocenters. The Morgan fingerprint density at radius 2 is 1.74 bits per heavy atom. The Labute approximate surface area is 245 Å². The molecule has 1 N–H and O–H groups in total. The number of unbranched alkanes of at least 4 members (excludes halogenated alkanes) is 3. The number of halogens is 5. The molecule has 4 rings (SSSR count). The number of urea groups is 1. The molecule has 6 nitrogen and oxygen atoms in total. The number of hydrogen-bond acceptors (Lipinski definition) is 3. The van der Waals surface area contributed by atoms with Crippen molar-refractivity contribution in [3.63, 3.8) is 0 Å². The highest BCUT2D eigenvalue weighted by molar-refractivity contribution is 6.30. The Morgan fingerprint density at radius 3 is 2.43 bits per heavy atom. The zero-order valence-corrected chi connectivity index (χ0v) is 24.0. The van der Waals surface area contributed by atoms with Gasteiger partial charge < -0.3 is 10.2 Å². The largest absolute Gasteiger partial charge is 0.418 e. The van der Waals surface area contributed by atoms with Gasteiger partial charge in [0.2, 0.25) is 0 Å². The van der Waals surface area contributed by atoms with Crippen LogP contribution in [0.15, 0.2) is 71.5 Å². The molecule has 0 spiro atoms. The van der Waals surface area contributed by atoms with Gasteiger partial charge in [0, 0.05) is 6.54 Å². The van der Waals surface area contributed by atoms with Gasteiger partial charge in [-0.15, -0.1) is 0 Å². The molecule has 0 aliphatic rings. The van der Waals surface area contributed by atoms with Crippen LogP contribution in [0.3, 0.4) is 0 Å². The van der Waals surface area contributed by atoms with Crippen molar-refractivity contribution in [2.24, 2.45) is 0 Å². The SMILES string of the molecule is CCCCCCN(C(=O)Nc1ccccc1C(F)(F)F)C(CC)c1nc2ccccc2c(=O)n1-c1ccc(F)c(Cl)c1. The van der Waals surface area contributed by atoms with Crippen molar-refractivity contribution in [2.75, 3.05) is 11.9 Å². The summed E-state index contributed by atoms with van der Waals surface area (Å²) in [6.07, 6.45) is -1.17. The second-order valence-corrected chi connectivity index (χ2v) is 10.3. The summed E-state index contributed by atoms with van der Waals surface area (Å²) >= 11 is 6.08. The first-order valence-electron chi connectivity index (χ1n) is 13.8. The Hall–Kier alpha value is -3.92. The minimum absolute atomic E-state index is 0.179. The van der Waals surface area contributed by atoms with Gasteiger partial charge in [0.15, 0.2) is 0 Å².